The molecule has 186 valence electrons. The Balaban J connectivity index is 1.54. The van der Waals surface area contributed by atoms with E-state index in [1.165, 1.54) is 26.9 Å². The van der Waals surface area contributed by atoms with E-state index in [1.807, 2.05) is 0 Å². The van der Waals surface area contributed by atoms with Crippen LogP contribution in [0.5, 0.6) is 0 Å². The molecule has 4 rings (SSSR count). The molecule has 0 aromatic rings. The van der Waals surface area contributed by atoms with Gasteiger partial charge in [-0.1, -0.05) is 27.7 Å². The predicted molar refractivity (Wildman–Crippen MR) is 126 cm³/mol. The summed E-state index contributed by atoms with van der Waals surface area (Å²) in [4.78, 5) is 37.2. The van der Waals surface area contributed by atoms with Crippen LogP contribution in [0, 0.1) is 52.3 Å². The van der Waals surface area contributed by atoms with Crippen LogP contribution in [0.3, 0.4) is 0 Å². The third-order valence-electron chi connectivity index (χ3n) is 11.0. The smallest absolute Gasteiger partial charge is 0.305 e. The first kappa shape index (κ1) is 24.7. The minimum atomic E-state index is -0.206. The molecule has 0 bridgehead atoms. The van der Waals surface area contributed by atoms with Gasteiger partial charge in [0.05, 0.1) is 7.11 Å². The first-order chi connectivity index (χ1) is 15.5. The molecular weight excluding hydrogens is 416 g/mol. The Morgan fingerprint density at radius 3 is 2.36 bits per heavy atom. The summed E-state index contributed by atoms with van der Waals surface area (Å²) in [7, 11) is 1.46. The predicted octanol–water partition coefficient (Wildman–Crippen LogP) is 5.59. The maximum Gasteiger partial charge on any atom is 0.305 e. The van der Waals surface area contributed by atoms with Gasteiger partial charge in [-0.25, -0.2) is 0 Å². The molecule has 5 nitrogen and oxygen atoms in total. The van der Waals surface area contributed by atoms with Gasteiger partial charge in [0.25, 0.3) is 0 Å². The molecule has 0 aromatic carbocycles. The van der Waals surface area contributed by atoms with E-state index < -0.39 is 0 Å². The molecular formula is C28H44O5. The van der Waals surface area contributed by atoms with Crippen molar-refractivity contribution in [3.8, 4) is 0 Å². The average Bonchev–Trinajstić information content (AvgIpc) is 3.13. The second-order valence-corrected chi connectivity index (χ2v) is 12.4. The Hall–Kier alpha value is -1.39. The fourth-order valence-electron chi connectivity index (χ4n) is 9.31. The number of ketones is 1. The van der Waals surface area contributed by atoms with Crippen molar-refractivity contribution < 1.29 is 23.9 Å². The van der Waals surface area contributed by atoms with Crippen LogP contribution < -0.4 is 0 Å². The average molecular weight is 461 g/mol. The Morgan fingerprint density at radius 2 is 1.70 bits per heavy atom. The number of hydrogen-bond donors (Lipinski definition) is 0. The summed E-state index contributed by atoms with van der Waals surface area (Å²) in [5, 5.41) is 0. The zero-order valence-electron chi connectivity index (χ0n) is 21.5. The maximum atomic E-state index is 13.9. The SMILES string of the molecule is COC(=O)CCC(C)C1CCC2C3C(=O)[C@H](C)[C@@H]4C[C@H](OC(C)=O)CC[C@]4(C)C3CC[C@]12C. The van der Waals surface area contributed by atoms with Gasteiger partial charge < -0.3 is 9.47 Å². The number of hydrogen-bond acceptors (Lipinski definition) is 5. The highest BCUT2D eigenvalue weighted by Crippen LogP contribution is 2.68. The highest BCUT2D eigenvalue weighted by molar-refractivity contribution is 5.85. The Kier molecular flexibility index (Phi) is 6.74. The number of carbonyl (C=O) groups excluding carboxylic acids is 3. The van der Waals surface area contributed by atoms with Crippen molar-refractivity contribution in [2.75, 3.05) is 7.11 Å². The first-order valence-corrected chi connectivity index (χ1v) is 13.3. The van der Waals surface area contributed by atoms with Crippen LogP contribution in [0.1, 0.15) is 92.4 Å². The van der Waals surface area contributed by atoms with E-state index in [2.05, 4.69) is 27.7 Å². The van der Waals surface area contributed by atoms with Crippen molar-refractivity contribution in [2.45, 2.75) is 98.5 Å². The van der Waals surface area contributed by atoms with E-state index in [-0.39, 0.29) is 40.7 Å². The lowest BCUT2D eigenvalue weighted by Crippen LogP contribution is -2.60. The largest absolute Gasteiger partial charge is 0.469 e. The third-order valence-corrected chi connectivity index (χ3v) is 11.0. The number of ether oxygens (including phenoxy) is 2. The van der Waals surface area contributed by atoms with Gasteiger partial charge in [-0.15, -0.1) is 0 Å². The van der Waals surface area contributed by atoms with Gasteiger partial charge in [-0.2, -0.15) is 0 Å². The fraction of sp³-hybridized carbons (Fsp3) is 0.893. The van der Waals surface area contributed by atoms with Gasteiger partial charge in [-0.3, -0.25) is 14.4 Å². The Morgan fingerprint density at radius 1 is 1.03 bits per heavy atom. The number of carbonyl (C=O) groups is 3. The lowest BCUT2D eigenvalue weighted by Gasteiger charge is -2.62. The Bertz CT molecular complexity index is 791. The zero-order valence-corrected chi connectivity index (χ0v) is 21.5. The third kappa shape index (κ3) is 4.05. The van der Waals surface area contributed by atoms with E-state index in [0.29, 0.717) is 41.8 Å². The summed E-state index contributed by atoms with van der Waals surface area (Å²) >= 11 is 0. The second kappa shape index (κ2) is 9.00. The molecule has 0 heterocycles. The number of methoxy groups -OCH3 is 1. The first-order valence-electron chi connectivity index (χ1n) is 13.3. The molecule has 4 aliphatic carbocycles. The Labute approximate surface area is 199 Å². The molecule has 0 radical (unpaired) electrons. The minimum Gasteiger partial charge on any atom is -0.469 e. The lowest BCUT2D eigenvalue weighted by molar-refractivity contribution is -0.176. The quantitative estimate of drug-likeness (QED) is 0.500. The summed E-state index contributed by atoms with van der Waals surface area (Å²) in [6.45, 7) is 10.8. The van der Waals surface area contributed by atoms with E-state index in [0.717, 1.165) is 38.5 Å². The molecule has 5 unspecified atom stereocenters. The second-order valence-electron chi connectivity index (χ2n) is 12.4. The van der Waals surface area contributed by atoms with Gasteiger partial charge in [0, 0.05) is 25.2 Å². The number of rotatable bonds is 5. The molecule has 5 heteroatoms. The fourth-order valence-corrected chi connectivity index (χ4v) is 9.31. The van der Waals surface area contributed by atoms with Gasteiger partial charge in [0.1, 0.15) is 11.9 Å². The summed E-state index contributed by atoms with van der Waals surface area (Å²) < 4.78 is 10.5. The summed E-state index contributed by atoms with van der Waals surface area (Å²) in [5.41, 5.74) is 0.342. The van der Waals surface area contributed by atoms with Crippen molar-refractivity contribution in [1.82, 2.24) is 0 Å². The molecule has 4 fully saturated rings. The van der Waals surface area contributed by atoms with Crippen molar-refractivity contribution in [1.29, 1.82) is 0 Å². The monoisotopic (exact) mass is 460 g/mol. The zero-order chi connectivity index (χ0) is 24.1. The van der Waals surface area contributed by atoms with E-state index >= 15 is 0 Å². The van der Waals surface area contributed by atoms with Gasteiger partial charge in [-0.05, 0) is 91.8 Å². The van der Waals surface area contributed by atoms with E-state index in [1.54, 1.807) is 0 Å². The highest BCUT2D eigenvalue weighted by atomic mass is 16.5. The molecule has 0 amide bonds. The van der Waals surface area contributed by atoms with Gasteiger partial charge in [0.2, 0.25) is 0 Å². The summed E-state index contributed by atoms with van der Waals surface area (Å²) in [6, 6.07) is 0. The molecule has 0 spiro atoms. The minimum absolute atomic E-state index is 0.0345. The van der Waals surface area contributed by atoms with Crippen LogP contribution in [-0.4, -0.2) is 30.9 Å². The van der Waals surface area contributed by atoms with Crippen LogP contribution in [0.15, 0.2) is 0 Å². The molecule has 0 N–H and O–H groups in total. The highest BCUT2D eigenvalue weighted by Gasteiger charge is 2.64. The van der Waals surface area contributed by atoms with Gasteiger partial charge >= 0.3 is 11.9 Å². The lowest BCUT2D eigenvalue weighted by atomic mass is 9.42. The molecule has 0 aliphatic heterocycles. The number of Topliss-reactive ketones (excluding diaryl/α,β-unsaturated/α-hetero) is 1. The van der Waals surface area contributed by atoms with Crippen molar-refractivity contribution in [2.24, 2.45) is 52.3 Å². The van der Waals surface area contributed by atoms with Gasteiger partial charge in [0.15, 0.2) is 0 Å². The molecule has 4 saturated carbocycles. The molecule has 0 saturated heterocycles. The van der Waals surface area contributed by atoms with Crippen molar-refractivity contribution in [3.63, 3.8) is 0 Å². The van der Waals surface area contributed by atoms with Crippen LogP contribution in [0.2, 0.25) is 0 Å². The standard InChI is InChI=1S/C28H44O5/c1-16(7-10-24(30)32-6)20-8-9-21-25-22(12-14-27(20,21)4)28(5)13-11-19(33-18(3)29)15-23(28)17(2)26(25)31/h16-17,19-23,25H,7-15H2,1-6H3/t16?,17-,19-,20?,21?,22?,23+,25?,27-,28-/m1/s1. The summed E-state index contributed by atoms with van der Waals surface area (Å²) in [6.07, 6.45) is 8.75. The van der Waals surface area contributed by atoms with Crippen molar-refractivity contribution >= 4 is 17.7 Å². The van der Waals surface area contributed by atoms with E-state index in [4.69, 9.17) is 9.47 Å². The maximum absolute atomic E-state index is 13.9. The molecule has 33 heavy (non-hydrogen) atoms. The number of esters is 2. The van der Waals surface area contributed by atoms with Crippen LogP contribution in [0.4, 0.5) is 0 Å². The molecule has 4 aliphatic rings. The van der Waals surface area contributed by atoms with Crippen molar-refractivity contribution in [3.05, 3.63) is 0 Å². The molecule has 10 atom stereocenters. The molecule has 0 aromatic heterocycles. The summed E-state index contributed by atoms with van der Waals surface area (Å²) in [5.74, 6) is 2.61. The van der Waals surface area contributed by atoms with Crippen LogP contribution in [-0.2, 0) is 23.9 Å². The number of fused-ring (bicyclic) bond motifs is 5. The normalized spacial score (nSPS) is 45.4. The van der Waals surface area contributed by atoms with Crippen LogP contribution in [0.25, 0.3) is 0 Å². The topological polar surface area (TPSA) is 69.7 Å². The van der Waals surface area contributed by atoms with E-state index in [9.17, 15) is 14.4 Å². The van der Waals surface area contributed by atoms with Crippen LogP contribution >= 0.6 is 0 Å².